The molecule has 0 aromatic heterocycles. The molecule has 2 radical (unpaired) electrons. The average molecular weight is 183 g/mol. The molecule has 0 aromatic rings. The summed E-state index contributed by atoms with van der Waals surface area (Å²) in [6.45, 7) is 0. The van der Waals surface area contributed by atoms with Crippen molar-refractivity contribution in [3.63, 3.8) is 0 Å². The molecule has 0 aliphatic heterocycles. The molecule has 0 saturated heterocycles. The minimum Gasteiger partial charge on any atom is 0 e. The van der Waals surface area contributed by atoms with Gasteiger partial charge in [0.2, 0.25) is 0 Å². The Kier molecular flexibility index (Phi) is 176. The maximum atomic E-state index is 0. The van der Waals surface area contributed by atoms with Crippen molar-refractivity contribution in [3.8, 4) is 0 Å². The Balaban J connectivity index is 0. The zero-order chi connectivity index (χ0) is 0. The van der Waals surface area contributed by atoms with Gasteiger partial charge in [-0.1, -0.05) is 0 Å². The number of rotatable bonds is 0. The summed E-state index contributed by atoms with van der Waals surface area (Å²) in [4.78, 5) is 0. The van der Waals surface area contributed by atoms with Crippen molar-refractivity contribution in [1.29, 1.82) is 0 Å². The average Bonchev–Trinajstić information content (AvgIpc) is 0. The van der Waals surface area contributed by atoms with Gasteiger partial charge < -0.3 is 0 Å². The van der Waals surface area contributed by atoms with Gasteiger partial charge in [-0.15, -0.1) is 0 Å². The fourth-order valence-corrected chi connectivity index (χ4v) is 0. The van der Waals surface area contributed by atoms with Gasteiger partial charge in [0, 0.05) is 68.6 Å². The Morgan fingerprint density at radius 1 is 0.750 bits per heavy atom. The predicted octanol–water partition coefficient (Wildman–Crippen LogP) is -0.388. The topological polar surface area (TPSA) is 0 Å². The summed E-state index contributed by atoms with van der Waals surface area (Å²) in [5.74, 6) is 0. The molecule has 30 valence electrons. The molecule has 0 aliphatic rings. The van der Waals surface area contributed by atoms with Gasteiger partial charge in [-0.2, -0.15) is 0 Å². The zero-order valence-electron chi connectivity index (χ0n) is 1.97. The number of hydrogen-bond donors (Lipinski definition) is 0. The molecule has 0 heterocycles. The molecule has 4 heavy (non-hydrogen) atoms. The molecule has 0 amide bonds. The molecule has 0 unspecified atom stereocenters. The SMILES string of the molecule is [Co].[Li].[Ni].[Ni]. The van der Waals surface area contributed by atoms with Gasteiger partial charge in [0.15, 0.2) is 0 Å². The molecular formula is CoLiNi2. The van der Waals surface area contributed by atoms with E-state index in [9.17, 15) is 0 Å². The molecular weight excluding hydrogens is 183 g/mol. The van der Waals surface area contributed by atoms with E-state index in [4.69, 9.17) is 0 Å². The molecule has 0 aliphatic carbocycles. The van der Waals surface area contributed by atoms with Crippen LogP contribution in [0.15, 0.2) is 0 Å². The molecule has 4 heteroatoms. The fraction of sp³-hybridized carbons (Fsp3) is 0. The molecule has 0 N–H and O–H groups in total. The van der Waals surface area contributed by atoms with Crippen LogP contribution >= 0.6 is 0 Å². The van der Waals surface area contributed by atoms with E-state index in [1.807, 2.05) is 0 Å². The summed E-state index contributed by atoms with van der Waals surface area (Å²) >= 11 is 0. The van der Waals surface area contributed by atoms with E-state index in [2.05, 4.69) is 0 Å². The van der Waals surface area contributed by atoms with Crippen LogP contribution in [0.3, 0.4) is 0 Å². The van der Waals surface area contributed by atoms with Gasteiger partial charge >= 0.3 is 0 Å². The van der Waals surface area contributed by atoms with Crippen molar-refractivity contribution in [2.24, 2.45) is 0 Å². The van der Waals surface area contributed by atoms with E-state index in [0.29, 0.717) is 0 Å². The third-order valence-corrected chi connectivity index (χ3v) is 0. The molecule has 0 bridgehead atoms. The van der Waals surface area contributed by atoms with Gasteiger partial charge in [0.05, 0.1) is 0 Å². The van der Waals surface area contributed by atoms with Crippen molar-refractivity contribution >= 4 is 18.9 Å². The van der Waals surface area contributed by atoms with Crippen LogP contribution in [0.1, 0.15) is 0 Å². The normalized spacial score (nSPS) is 0. The summed E-state index contributed by atoms with van der Waals surface area (Å²) in [5.41, 5.74) is 0. The van der Waals surface area contributed by atoms with Crippen LogP contribution in [0.5, 0.6) is 0 Å². The van der Waals surface area contributed by atoms with Crippen molar-refractivity contribution in [2.75, 3.05) is 0 Å². The van der Waals surface area contributed by atoms with Gasteiger partial charge in [0.1, 0.15) is 0 Å². The van der Waals surface area contributed by atoms with Gasteiger partial charge in [-0.3, -0.25) is 0 Å². The van der Waals surface area contributed by atoms with Gasteiger partial charge in [-0.05, 0) is 0 Å². The summed E-state index contributed by atoms with van der Waals surface area (Å²) < 4.78 is 0. The predicted molar refractivity (Wildman–Crippen MR) is 5.75 cm³/mol. The first-order valence-electron chi connectivity index (χ1n) is 0. The zero-order valence-corrected chi connectivity index (χ0v) is 4.98. The smallest absolute Gasteiger partial charge is 0 e. The van der Waals surface area contributed by atoms with Crippen LogP contribution in [-0.2, 0) is 49.8 Å². The Bertz CT molecular complexity index is 6.00. The Morgan fingerprint density at radius 2 is 0.750 bits per heavy atom. The summed E-state index contributed by atoms with van der Waals surface area (Å²) in [5, 5.41) is 0. The summed E-state index contributed by atoms with van der Waals surface area (Å²) in [6.07, 6.45) is 0. The van der Waals surface area contributed by atoms with E-state index in [1.165, 1.54) is 0 Å². The van der Waals surface area contributed by atoms with E-state index >= 15 is 0 Å². The first-order valence-corrected chi connectivity index (χ1v) is 0. The largest absolute Gasteiger partial charge is 0 e. The van der Waals surface area contributed by atoms with E-state index in [1.54, 1.807) is 0 Å². The molecule has 0 spiro atoms. The van der Waals surface area contributed by atoms with Crippen LogP contribution in [0.25, 0.3) is 0 Å². The summed E-state index contributed by atoms with van der Waals surface area (Å²) in [6, 6.07) is 0. The van der Waals surface area contributed by atoms with Crippen LogP contribution in [0, 0.1) is 0 Å². The van der Waals surface area contributed by atoms with Crippen LogP contribution < -0.4 is 0 Å². The second kappa shape index (κ2) is 19.5. The maximum Gasteiger partial charge on any atom is 0 e. The standard InChI is InChI=1S/Co.Li.2Ni. The molecule has 0 saturated carbocycles. The maximum absolute atomic E-state index is 0. The quantitative estimate of drug-likeness (QED) is 0.449. The first kappa shape index (κ1) is 36.1. The van der Waals surface area contributed by atoms with Crippen molar-refractivity contribution in [3.05, 3.63) is 0 Å². The van der Waals surface area contributed by atoms with Crippen LogP contribution in [-0.4, -0.2) is 18.9 Å². The third kappa shape index (κ3) is 8.94. The summed E-state index contributed by atoms with van der Waals surface area (Å²) in [7, 11) is 0. The van der Waals surface area contributed by atoms with Crippen LogP contribution in [0.4, 0.5) is 0 Å². The van der Waals surface area contributed by atoms with Crippen molar-refractivity contribution < 1.29 is 49.8 Å². The van der Waals surface area contributed by atoms with Crippen molar-refractivity contribution in [1.82, 2.24) is 0 Å². The van der Waals surface area contributed by atoms with Gasteiger partial charge in [0.25, 0.3) is 0 Å². The van der Waals surface area contributed by atoms with Gasteiger partial charge in [-0.25, -0.2) is 0 Å². The second-order valence-electron chi connectivity index (χ2n) is 0. The third-order valence-electron chi connectivity index (χ3n) is 0. The Labute approximate surface area is 68.1 Å². The van der Waals surface area contributed by atoms with E-state index in [0.717, 1.165) is 0 Å². The first-order chi connectivity index (χ1) is 0. The monoisotopic (exact) mass is 182 g/mol. The minimum atomic E-state index is 0. The Morgan fingerprint density at radius 3 is 0.750 bits per heavy atom. The molecule has 0 fully saturated rings. The fourth-order valence-electron chi connectivity index (χ4n) is 0. The molecule has 0 rings (SSSR count). The molecule has 0 atom stereocenters. The van der Waals surface area contributed by atoms with E-state index in [-0.39, 0.29) is 68.6 Å². The molecule has 0 aromatic carbocycles. The van der Waals surface area contributed by atoms with Crippen LogP contribution in [0.2, 0.25) is 0 Å². The van der Waals surface area contributed by atoms with Crippen molar-refractivity contribution in [2.45, 2.75) is 0 Å². The minimum absolute atomic E-state index is 0. The van der Waals surface area contributed by atoms with E-state index < -0.39 is 0 Å². The molecule has 0 nitrogen and oxygen atoms in total. The second-order valence-corrected chi connectivity index (χ2v) is 0. The number of hydrogen-bond acceptors (Lipinski definition) is 0. The Hall–Kier alpha value is 2.09.